The number of benzene rings is 2. The molecule has 162 valence electrons. The fourth-order valence-corrected chi connectivity index (χ4v) is 4.75. The second-order valence-electron chi connectivity index (χ2n) is 7.38. The summed E-state index contributed by atoms with van der Waals surface area (Å²) in [4.78, 5) is 24.8. The van der Waals surface area contributed by atoms with E-state index < -0.39 is 34.5 Å². The smallest absolute Gasteiger partial charge is 0.266 e. The Labute approximate surface area is 179 Å². The summed E-state index contributed by atoms with van der Waals surface area (Å²) in [6.07, 6.45) is -0.352. The molecule has 0 saturated heterocycles. The molecule has 1 atom stereocenters. The van der Waals surface area contributed by atoms with Crippen LogP contribution in [0.15, 0.2) is 36.4 Å². The lowest BCUT2D eigenvalue weighted by Gasteiger charge is -2.16. The largest absolute Gasteiger partial charge is 0.348 e. The van der Waals surface area contributed by atoms with Gasteiger partial charge in [0.05, 0.1) is 23.2 Å². The van der Waals surface area contributed by atoms with E-state index >= 15 is 0 Å². The van der Waals surface area contributed by atoms with Crippen LogP contribution < -0.4 is 10.6 Å². The van der Waals surface area contributed by atoms with Crippen LogP contribution in [0.5, 0.6) is 0 Å². The molecule has 0 fully saturated rings. The van der Waals surface area contributed by atoms with E-state index in [2.05, 4.69) is 10.6 Å². The summed E-state index contributed by atoms with van der Waals surface area (Å²) < 4.78 is 51.7. The van der Waals surface area contributed by atoms with Gasteiger partial charge in [-0.05, 0) is 35.3 Å². The molecule has 2 aromatic carbocycles. The third-order valence-electron chi connectivity index (χ3n) is 5.35. The SMILES string of the molecule is O=C1Cc2cc(C3=CCS(=O)CC3)cc(C(=O)NCc3cccc(C(F)F)c3F)c2N1. The van der Waals surface area contributed by atoms with Gasteiger partial charge in [0.25, 0.3) is 12.3 Å². The van der Waals surface area contributed by atoms with Crippen molar-refractivity contribution in [3.63, 3.8) is 0 Å². The first-order chi connectivity index (χ1) is 14.8. The lowest BCUT2D eigenvalue weighted by molar-refractivity contribution is -0.115. The molecule has 2 aliphatic heterocycles. The van der Waals surface area contributed by atoms with Crippen molar-refractivity contribution in [3.8, 4) is 0 Å². The van der Waals surface area contributed by atoms with Gasteiger partial charge in [0, 0.05) is 34.4 Å². The van der Waals surface area contributed by atoms with Crippen LogP contribution in [-0.2, 0) is 28.6 Å². The van der Waals surface area contributed by atoms with E-state index in [1.807, 2.05) is 12.1 Å². The predicted octanol–water partition coefficient (Wildman–Crippen LogP) is 3.72. The van der Waals surface area contributed by atoms with Gasteiger partial charge in [0.15, 0.2) is 0 Å². The van der Waals surface area contributed by atoms with Crippen LogP contribution in [0.3, 0.4) is 0 Å². The zero-order valence-electron chi connectivity index (χ0n) is 16.3. The number of halogens is 3. The lowest BCUT2D eigenvalue weighted by Crippen LogP contribution is -2.25. The first kappa shape index (κ1) is 21.3. The Bertz CT molecular complexity index is 1130. The Hall–Kier alpha value is -2.94. The number of carbonyl (C=O) groups is 2. The van der Waals surface area contributed by atoms with Gasteiger partial charge in [0.2, 0.25) is 5.91 Å². The van der Waals surface area contributed by atoms with Crippen LogP contribution >= 0.6 is 0 Å². The minimum Gasteiger partial charge on any atom is -0.348 e. The minimum absolute atomic E-state index is 0.0551. The summed E-state index contributed by atoms with van der Waals surface area (Å²) in [6, 6.07) is 7.13. The van der Waals surface area contributed by atoms with Gasteiger partial charge in [-0.3, -0.25) is 13.8 Å². The molecule has 0 radical (unpaired) electrons. The van der Waals surface area contributed by atoms with Crippen molar-refractivity contribution in [3.05, 3.63) is 70.0 Å². The molecule has 1 unspecified atom stereocenters. The zero-order chi connectivity index (χ0) is 22.1. The molecular weight excluding hydrogens is 429 g/mol. The van der Waals surface area contributed by atoms with E-state index in [0.29, 0.717) is 29.2 Å². The topological polar surface area (TPSA) is 75.3 Å². The summed E-state index contributed by atoms with van der Waals surface area (Å²) in [5.41, 5.74) is 2.23. The van der Waals surface area contributed by atoms with Crippen LogP contribution in [0.2, 0.25) is 0 Å². The van der Waals surface area contributed by atoms with Crippen molar-refractivity contribution < 1.29 is 27.0 Å². The van der Waals surface area contributed by atoms with Crippen molar-refractivity contribution in [2.75, 3.05) is 16.8 Å². The molecule has 9 heteroatoms. The number of alkyl halides is 2. The van der Waals surface area contributed by atoms with Gasteiger partial charge in [-0.15, -0.1) is 0 Å². The number of hydrogen-bond acceptors (Lipinski definition) is 3. The van der Waals surface area contributed by atoms with Gasteiger partial charge in [0.1, 0.15) is 5.82 Å². The molecule has 0 aromatic heterocycles. The van der Waals surface area contributed by atoms with Crippen molar-refractivity contribution >= 4 is 33.9 Å². The molecule has 2 heterocycles. The highest BCUT2D eigenvalue weighted by molar-refractivity contribution is 7.85. The maximum atomic E-state index is 14.3. The van der Waals surface area contributed by atoms with E-state index in [4.69, 9.17) is 0 Å². The number of amides is 2. The highest BCUT2D eigenvalue weighted by Crippen LogP contribution is 2.33. The second kappa shape index (κ2) is 8.66. The normalized spacial score (nSPS) is 17.9. The summed E-state index contributed by atoms with van der Waals surface area (Å²) >= 11 is 0. The number of carbonyl (C=O) groups excluding carboxylic acids is 2. The van der Waals surface area contributed by atoms with Gasteiger partial charge >= 0.3 is 0 Å². The molecule has 0 spiro atoms. The number of rotatable bonds is 5. The molecule has 0 saturated carbocycles. The lowest BCUT2D eigenvalue weighted by atomic mass is 9.95. The van der Waals surface area contributed by atoms with Crippen LogP contribution in [0.1, 0.15) is 45.5 Å². The van der Waals surface area contributed by atoms with Crippen molar-refractivity contribution in [1.82, 2.24) is 5.32 Å². The predicted molar refractivity (Wildman–Crippen MR) is 112 cm³/mol. The number of anilines is 1. The van der Waals surface area contributed by atoms with Gasteiger partial charge in [-0.1, -0.05) is 24.3 Å². The third-order valence-corrected chi connectivity index (χ3v) is 6.55. The average molecular weight is 448 g/mol. The maximum Gasteiger partial charge on any atom is 0.266 e. The summed E-state index contributed by atoms with van der Waals surface area (Å²) in [6.45, 7) is -0.278. The molecule has 2 aliphatic rings. The number of allylic oxidation sites excluding steroid dienone is 1. The van der Waals surface area contributed by atoms with Crippen LogP contribution in [0, 0.1) is 5.82 Å². The van der Waals surface area contributed by atoms with Crippen LogP contribution in [0.25, 0.3) is 5.57 Å². The fraction of sp³-hybridized carbons (Fsp3) is 0.273. The highest BCUT2D eigenvalue weighted by atomic mass is 32.2. The van der Waals surface area contributed by atoms with E-state index in [1.54, 1.807) is 6.07 Å². The van der Waals surface area contributed by atoms with Gasteiger partial charge in [-0.25, -0.2) is 13.2 Å². The molecule has 0 bridgehead atoms. The van der Waals surface area contributed by atoms with E-state index in [9.17, 15) is 27.0 Å². The number of nitrogens with one attached hydrogen (secondary N) is 2. The van der Waals surface area contributed by atoms with Crippen molar-refractivity contribution in [1.29, 1.82) is 0 Å². The first-order valence-electron chi connectivity index (χ1n) is 9.68. The molecule has 2 N–H and O–H groups in total. The Kier molecular flexibility index (Phi) is 5.95. The molecule has 4 rings (SSSR count). The molecule has 2 aromatic rings. The summed E-state index contributed by atoms with van der Waals surface area (Å²) in [7, 11) is -0.897. The number of fused-ring (bicyclic) bond motifs is 1. The average Bonchev–Trinajstić information content (AvgIpc) is 3.12. The molecule has 0 aliphatic carbocycles. The van der Waals surface area contributed by atoms with Crippen LogP contribution in [-0.4, -0.2) is 27.5 Å². The number of hydrogen-bond donors (Lipinski definition) is 2. The third kappa shape index (κ3) is 4.41. The Balaban J connectivity index is 1.61. The van der Waals surface area contributed by atoms with Crippen molar-refractivity contribution in [2.24, 2.45) is 0 Å². The first-order valence-corrected chi connectivity index (χ1v) is 11.2. The monoisotopic (exact) mass is 448 g/mol. The van der Waals surface area contributed by atoms with E-state index in [1.165, 1.54) is 12.1 Å². The standard InChI is InChI=1S/C22H19F3N2O3S/c23-19-13(2-1-3-16(19)21(24)25)11-26-22(29)17-9-14(12-4-6-31(30)7-5-12)8-15-10-18(28)27-20(15)17/h1-4,8-9,21H,5-7,10-11H2,(H,26,29)(H,27,28). The van der Waals surface area contributed by atoms with Crippen LogP contribution in [0.4, 0.5) is 18.9 Å². The zero-order valence-corrected chi connectivity index (χ0v) is 17.2. The summed E-state index contributed by atoms with van der Waals surface area (Å²) in [5, 5.41) is 5.24. The summed E-state index contributed by atoms with van der Waals surface area (Å²) in [5.74, 6) is -0.880. The second-order valence-corrected chi connectivity index (χ2v) is 9.00. The van der Waals surface area contributed by atoms with Crippen molar-refractivity contribution in [2.45, 2.75) is 25.8 Å². The maximum absolute atomic E-state index is 14.3. The van der Waals surface area contributed by atoms with Gasteiger partial charge < -0.3 is 10.6 Å². The quantitative estimate of drug-likeness (QED) is 0.732. The Morgan fingerprint density at radius 2 is 2.06 bits per heavy atom. The molecule has 5 nitrogen and oxygen atoms in total. The fourth-order valence-electron chi connectivity index (χ4n) is 3.75. The Morgan fingerprint density at radius 1 is 1.26 bits per heavy atom. The Morgan fingerprint density at radius 3 is 2.77 bits per heavy atom. The van der Waals surface area contributed by atoms with E-state index in [-0.39, 0.29) is 30.0 Å². The molecule has 2 amide bonds. The minimum atomic E-state index is -2.95. The van der Waals surface area contributed by atoms with Gasteiger partial charge in [-0.2, -0.15) is 0 Å². The molecule has 31 heavy (non-hydrogen) atoms. The van der Waals surface area contributed by atoms with E-state index in [0.717, 1.165) is 17.2 Å². The highest BCUT2D eigenvalue weighted by Gasteiger charge is 2.26. The molecular formula is C22H19F3N2O3S.